The summed E-state index contributed by atoms with van der Waals surface area (Å²) in [6.07, 6.45) is 0.819. The Labute approximate surface area is 123 Å². The molecule has 1 aromatic heterocycles. The van der Waals surface area contributed by atoms with Crippen LogP contribution in [0.2, 0.25) is 0 Å². The lowest BCUT2D eigenvalue weighted by Crippen LogP contribution is -2.50. The fraction of sp³-hybridized carbons (Fsp3) is 0.667. The molecule has 1 aliphatic heterocycles. The van der Waals surface area contributed by atoms with Crippen LogP contribution >= 0.6 is 23.7 Å². The number of morpholine rings is 1. The van der Waals surface area contributed by atoms with E-state index < -0.39 is 0 Å². The Morgan fingerprint density at radius 3 is 3.05 bits per heavy atom. The largest absolute Gasteiger partial charge is 0.375 e. The number of hydrogen-bond donors (Lipinski definition) is 1. The van der Waals surface area contributed by atoms with E-state index in [0.29, 0.717) is 25.4 Å². The molecule has 0 aromatic carbocycles. The molecule has 0 bridgehead atoms. The number of thiazole rings is 1. The van der Waals surface area contributed by atoms with Crippen LogP contribution in [0.1, 0.15) is 29.3 Å². The third kappa shape index (κ3) is 3.89. The number of nitrogens with two attached hydrogens (primary N) is 1. The highest BCUT2D eigenvalue weighted by molar-refractivity contribution is 7.09. The number of ether oxygens (including phenoxy) is 1. The zero-order valence-electron chi connectivity index (χ0n) is 11.2. The molecule has 2 N–H and O–H groups in total. The van der Waals surface area contributed by atoms with Gasteiger partial charge in [0.1, 0.15) is 5.69 Å². The minimum atomic E-state index is -0.00262. The van der Waals surface area contributed by atoms with Gasteiger partial charge in [-0.1, -0.05) is 0 Å². The second-order valence-corrected chi connectivity index (χ2v) is 5.56. The number of hydrogen-bond acceptors (Lipinski definition) is 5. The van der Waals surface area contributed by atoms with Gasteiger partial charge in [0.2, 0.25) is 0 Å². The first kappa shape index (κ1) is 16.4. The zero-order valence-corrected chi connectivity index (χ0v) is 12.8. The van der Waals surface area contributed by atoms with Crippen LogP contribution in [0.25, 0.3) is 0 Å². The highest BCUT2D eigenvalue weighted by Gasteiger charge is 2.29. The number of carbonyl (C=O) groups excluding carboxylic acids is 1. The molecule has 2 unspecified atom stereocenters. The summed E-state index contributed by atoms with van der Waals surface area (Å²) in [4.78, 5) is 18.5. The first-order valence-electron chi connectivity index (χ1n) is 6.19. The topological polar surface area (TPSA) is 68.5 Å². The summed E-state index contributed by atoms with van der Waals surface area (Å²) in [5, 5.41) is 2.75. The van der Waals surface area contributed by atoms with Gasteiger partial charge in [-0.3, -0.25) is 4.79 Å². The Morgan fingerprint density at radius 2 is 2.37 bits per heavy atom. The van der Waals surface area contributed by atoms with E-state index in [4.69, 9.17) is 10.5 Å². The minimum Gasteiger partial charge on any atom is -0.375 e. The van der Waals surface area contributed by atoms with Gasteiger partial charge >= 0.3 is 0 Å². The Kier molecular flexibility index (Phi) is 6.19. The molecule has 108 valence electrons. The summed E-state index contributed by atoms with van der Waals surface area (Å²) in [6, 6.07) is 0.105. The van der Waals surface area contributed by atoms with E-state index in [1.54, 1.807) is 0 Å². The predicted octanol–water partition coefficient (Wildman–Crippen LogP) is 1.32. The van der Waals surface area contributed by atoms with Crippen LogP contribution in [0.3, 0.4) is 0 Å². The Morgan fingerprint density at radius 1 is 1.63 bits per heavy atom. The molecule has 2 atom stereocenters. The molecular formula is C12H20ClN3O2S. The molecule has 5 nitrogen and oxygen atoms in total. The fourth-order valence-electron chi connectivity index (χ4n) is 1.98. The van der Waals surface area contributed by atoms with Crippen LogP contribution in [0, 0.1) is 0 Å². The summed E-state index contributed by atoms with van der Waals surface area (Å²) >= 11 is 1.50. The number of halogens is 1. The summed E-state index contributed by atoms with van der Waals surface area (Å²) in [6.45, 7) is 5.76. The van der Waals surface area contributed by atoms with Crippen LogP contribution in [0.4, 0.5) is 0 Å². The summed E-state index contributed by atoms with van der Waals surface area (Å²) < 4.78 is 5.52. The molecule has 1 amide bonds. The Hall–Kier alpha value is -0.690. The van der Waals surface area contributed by atoms with Gasteiger partial charge < -0.3 is 15.4 Å². The monoisotopic (exact) mass is 305 g/mol. The average Bonchev–Trinajstić information content (AvgIpc) is 2.80. The number of amides is 1. The standard InChI is InChI=1S/C12H19N3O2S.ClH/c1-8-6-17-9(2)5-15(8)12(16)10-7-18-11(14-10)3-4-13;/h7-9H,3-6,13H2,1-2H3;1H. The molecule has 1 aromatic rings. The van der Waals surface area contributed by atoms with Crippen molar-refractivity contribution < 1.29 is 9.53 Å². The molecular weight excluding hydrogens is 286 g/mol. The predicted molar refractivity (Wildman–Crippen MR) is 78.0 cm³/mol. The van der Waals surface area contributed by atoms with E-state index >= 15 is 0 Å². The van der Waals surface area contributed by atoms with Crippen molar-refractivity contribution in [2.24, 2.45) is 5.73 Å². The van der Waals surface area contributed by atoms with Gasteiger partial charge in [0.25, 0.3) is 5.91 Å². The van der Waals surface area contributed by atoms with E-state index in [2.05, 4.69) is 4.98 Å². The fourth-order valence-corrected chi connectivity index (χ4v) is 2.77. The maximum atomic E-state index is 12.4. The molecule has 1 fully saturated rings. The van der Waals surface area contributed by atoms with Crippen molar-refractivity contribution >= 4 is 29.7 Å². The molecule has 19 heavy (non-hydrogen) atoms. The quantitative estimate of drug-likeness (QED) is 0.914. The van der Waals surface area contributed by atoms with E-state index in [1.807, 2.05) is 24.1 Å². The molecule has 1 aliphatic rings. The van der Waals surface area contributed by atoms with Crippen molar-refractivity contribution in [3.63, 3.8) is 0 Å². The molecule has 1 saturated heterocycles. The maximum absolute atomic E-state index is 12.4. The Bertz CT molecular complexity index is 427. The molecule has 0 aliphatic carbocycles. The second-order valence-electron chi connectivity index (χ2n) is 4.62. The zero-order chi connectivity index (χ0) is 13.1. The average molecular weight is 306 g/mol. The minimum absolute atomic E-state index is 0. The Balaban J connectivity index is 0.00000180. The molecule has 2 heterocycles. The molecule has 7 heteroatoms. The van der Waals surface area contributed by atoms with E-state index in [-0.39, 0.29) is 30.5 Å². The van der Waals surface area contributed by atoms with Crippen molar-refractivity contribution in [3.05, 3.63) is 16.1 Å². The van der Waals surface area contributed by atoms with Crippen LogP contribution < -0.4 is 5.73 Å². The summed E-state index contributed by atoms with van der Waals surface area (Å²) in [7, 11) is 0. The van der Waals surface area contributed by atoms with Crippen LogP contribution in [0.15, 0.2) is 5.38 Å². The van der Waals surface area contributed by atoms with Crippen molar-refractivity contribution in [1.82, 2.24) is 9.88 Å². The van der Waals surface area contributed by atoms with Gasteiger partial charge in [-0.05, 0) is 20.4 Å². The van der Waals surface area contributed by atoms with Crippen LogP contribution in [-0.4, -0.2) is 47.6 Å². The number of nitrogens with zero attached hydrogens (tertiary/aromatic N) is 2. The lowest BCUT2D eigenvalue weighted by Gasteiger charge is -2.36. The summed E-state index contributed by atoms with van der Waals surface area (Å²) in [5.74, 6) is -0.00262. The molecule has 0 radical (unpaired) electrons. The van der Waals surface area contributed by atoms with Gasteiger partial charge in [-0.15, -0.1) is 23.7 Å². The van der Waals surface area contributed by atoms with Crippen LogP contribution in [-0.2, 0) is 11.2 Å². The SMILES string of the molecule is CC1CN(C(=O)c2csc(CCN)n2)C(C)CO1.Cl. The number of rotatable bonds is 3. The molecule has 2 rings (SSSR count). The molecule has 0 spiro atoms. The van der Waals surface area contributed by atoms with Gasteiger partial charge in [-0.2, -0.15) is 0 Å². The first-order chi connectivity index (χ1) is 8.61. The number of carbonyl (C=O) groups is 1. The van der Waals surface area contributed by atoms with Crippen molar-refractivity contribution in [2.75, 3.05) is 19.7 Å². The second kappa shape index (κ2) is 7.19. The maximum Gasteiger partial charge on any atom is 0.273 e. The van der Waals surface area contributed by atoms with E-state index in [1.165, 1.54) is 11.3 Å². The van der Waals surface area contributed by atoms with Gasteiger partial charge in [0, 0.05) is 18.3 Å². The lowest BCUT2D eigenvalue weighted by atomic mass is 10.2. The highest BCUT2D eigenvalue weighted by Crippen LogP contribution is 2.17. The van der Waals surface area contributed by atoms with Gasteiger partial charge in [0.05, 0.1) is 23.8 Å². The van der Waals surface area contributed by atoms with Gasteiger partial charge in [-0.25, -0.2) is 4.98 Å². The highest BCUT2D eigenvalue weighted by atomic mass is 35.5. The van der Waals surface area contributed by atoms with E-state index in [9.17, 15) is 4.79 Å². The van der Waals surface area contributed by atoms with Gasteiger partial charge in [0.15, 0.2) is 0 Å². The smallest absolute Gasteiger partial charge is 0.273 e. The lowest BCUT2D eigenvalue weighted by molar-refractivity contribution is -0.0388. The first-order valence-corrected chi connectivity index (χ1v) is 7.06. The van der Waals surface area contributed by atoms with Crippen molar-refractivity contribution in [1.29, 1.82) is 0 Å². The third-order valence-corrected chi connectivity index (χ3v) is 3.91. The summed E-state index contributed by atoms with van der Waals surface area (Å²) in [5.41, 5.74) is 6.02. The molecule has 0 saturated carbocycles. The third-order valence-electron chi connectivity index (χ3n) is 3.00. The normalized spacial score (nSPS) is 23.0. The van der Waals surface area contributed by atoms with Crippen LogP contribution in [0.5, 0.6) is 0 Å². The van der Waals surface area contributed by atoms with E-state index in [0.717, 1.165) is 11.4 Å². The van der Waals surface area contributed by atoms with Crippen molar-refractivity contribution in [3.8, 4) is 0 Å². The number of aromatic nitrogens is 1. The van der Waals surface area contributed by atoms with Crippen molar-refractivity contribution in [2.45, 2.75) is 32.4 Å².